The van der Waals surface area contributed by atoms with E-state index >= 15 is 0 Å². The zero-order chi connectivity index (χ0) is 18.5. The molecule has 1 amide bonds. The van der Waals surface area contributed by atoms with Crippen LogP contribution in [0.5, 0.6) is 0 Å². The Morgan fingerprint density at radius 1 is 1.31 bits per heavy atom. The highest BCUT2D eigenvalue weighted by atomic mass is 32.2. The minimum atomic E-state index is -0.0426. The predicted molar refractivity (Wildman–Crippen MR) is 102 cm³/mol. The third-order valence-corrected chi connectivity index (χ3v) is 5.19. The molecule has 0 fully saturated rings. The molecule has 2 heterocycles. The maximum Gasteiger partial charge on any atom is 0.230 e. The highest BCUT2D eigenvalue weighted by Crippen LogP contribution is 2.20. The highest BCUT2D eigenvalue weighted by molar-refractivity contribution is 7.99. The number of hydrogen-bond donors (Lipinski definition) is 1. The van der Waals surface area contributed by atoms with Gasteiger partial charge in [-0.3, -0.25) is 4.79 Å². The second-order valence-electron chi connectivity index (χ2n) is 6.15. The van der Waals surface area contributed by atoms with Gasteiger partial charge in [0, 0.05) is 29.4 Å². The molecule has 7 heteroatoms. The van der Waals surface area contributed by atoms with Crippen molar-refractivity contribution in [3.63, 3.8) is 0 Å². The smallest absolute Gasteiger partial charge is 0.230 e. The summed E-state index contributed by atoms with van der Waals surface area (Å²) < 4.78 is 7.08. The van der Waals surface area contributed by atoms with E-state index < -0.39 is 0 Å². The lowest BCUT2D eigenvalue weighted by molar-refractivity contribution is -0.119. The van der Waals surface area contributed by atoms with Gasteiger partial charge in [0.2, 0.25) is 5.91 Å². The Hall–Kier alpha value is -2.54. The molecule has 1 N–H and O–H groups in total. The molecular weight excluding hydrogens is 348 g/mol. The van der Waals surface area contributed by atoms with Crippen LogP contribution < -0.4 is 5.32 Å². The molecule has 1 atom stereocenters. The summed E-state index contributed by atoms with van der Waals surface area (Å²) in [6.07, 6.45) is 5.41. The van der Waals surface area contributed by atoms with Crippen molar-refractivity contribution in [2.45, 2.75) is 32.6 Å². The van der Waals surface area contributed by atoms with Crippen molar-refractivity contribution in [3.8, 4) is 5.69 Å². The summed E-state index contributed by atoms with van der Waals surface area (Å²) in [4.78, 5) is 16.2. The summed E-state index contributed by atoms with van der Waals surface area (Å²) in [7, 11) is 0. The monoisotopic (exact) mass is 370 g/mol. The SMILES string of the molecule is Cc1noc(C)c1CSCC(=O)NC(C)c1ccc(-n2ccnc2)cc1. The van der Waals surface area contributed by atoms with Crippen LogP contribution in [0.15, 0.2) is 47.5 Å². The van der Waals surface area contributed by atoms with Gasteiger partial charge < -0.3 is 14.4 Å². The maximum atomic E-state index is 12.2. The molecule has 0 saturated heterocycles. The molecule has 2 aromatic heterocycles. The molecule has 1 unspecified atom stereocenters. The van der Waals surface area contributed by atoms with Crippen LogP contribution >= 0.6 is 11.8 Å². The van der Waals surface area contributed by atoms with Gasteiger partial charge in [-0.05, 0) is 38.5 Å². The largest absolute Gasteiger partial charge is 0.361 e. The van der Waals surface area contributed by atoms with Gasteiger partial charge in [0.25, 0.3) is 0 Å². The van der Waals surface area contributed by atoms with Crippen molar-refractivity contribution in [1.29, 1.82) is 0 Å². The second-order valence-corrected chi connectivity index (χ2v) is 7.13. The molecule has 0 aliphatic heterocycles. The van der Waals surface area contributed by atoms with E-state index in [0.29, 0.717) is 5.75 Å². The van der Waals surface area contributed by atoms with Gasteiger partial charge in [0.05, 0.1) is 23.8 Å². The Kier molecular flexibility index (Phi) is 5.78. The molecule has 1 aromatic carbocycles. The van der Waals surface area contributed by atoms with Gasteiger partial charge in [0.15, 0.2) is 0 Å². The molecule has 136 valence electrons. The fourth-order valence-electron chi connectivity index (χ4n) is 2.67. The molecule has 0 aliphatic carbocycles. The first-order chi connectivity index (χ1) is 12.5. The number of benzene rings is 1. The van der Waals surface area contributed by atoms with Crippen LogP contribution in [-0.2, 0) is 10.5 Å². The van der Waals surface area contributed by atoms with Gasteiger partial charge >= 0.3 is 0 Å². The van der Waals surface area contributed by atoms with E-state index in [-0.39, 0.29) is 11.9 Å². The lowest BCUT2D eigenvalue weighted by atomic mass is 10.1. The molecule has 3 rings (SSSR count). The van der Waals surface area contributed by atoms with Gasteiger partial charge in [-0.1, -0.05) is 17.3 Å². The molecule has 0 saturated carbocycles. The molecule has 3 aromatic rings. The van der Waals surface area contributed by atoms with Crippen molar-refractivity contribution in [3.05, 3.63) is 65.6 Å². The number of imidazole rings is 1. The van der Waals surface area contributed by atoms with Crippen molar-refractivity contribution in [2.75, 3.05) is 5.75 Å². The maximum absolute atomic E-state index is 12.2. The summed E-state index contributed by atoms with van der Waals surface area (Å²) in [5.41, 5.74) is 4.07. The number of carbonyl (C=O) groups is 1. The van der Waals surface area contributed by atoms with Gasteiger partial charge in [-0.25, -0.2) is 4.98 Å². The third-order valence-electron chi connectivity index (χ3n) is 4.23. The average Bonchev–Trinajstić information content (AvgIpc) is 3.27. The van der Waals surface area contributed by atoms with Gasteiger partial charge in [0.1, 0.15) is 5.76 Å². The normalized spacial score (nSPS) is 12.1. The fraction of sp³-hybridized carbons (Fsp3) is 0.316. The summed E-state index contributed by atoms with van der Waals surface area (Å²) >= 11 is 1.56. The summed E-state index contributed by atoms with van der Waals surface area (Å²) in [5.74, 6) is 1.97. The van der Waals surface area contributed by atoms with Crippen molar-refractivity contribution in [2.24, 2.45) is 0 Å². The van der Waals surface area contributed by atoms with E-state index in [2.05, 4.69) is 15.5 Å². The van der Waals surface area contributed by atoms with Crippen molar-refractivity contribution in [1.82, 2.24) is 20.0 Å². The summed E-state index contributed by atoms with van der Waals surface area (Å²) in [6.45, 7) is 5.80. The van der Waals surface area contributed by atoms with Crippen LogP contribution in [0, 0.1) is 13.8 Å². The molecule has 0 radical (unpaired) electrons. The van der Waals surface area contributed by atoms with Gasteiger partial charge in [-0.2, -0.15) is 0 Å². The quantitative estimate of drug-likeness (QED) is 0.688. The minimum absolute atomic E-state index is 0.0212. The Balaban J connectivity index is 1.49. The zero-order valence-electron chi connectivity index (χ0n) is 15.1. The number of hydrogen-bond acceptors (Lipinski definition) is 5. The Labute approximate surface area is 157 Å². The lowest BCUT2D eigenvalue weighted by Gasteiger charge is -2.15. The van der Waals surface area contributed by atoms with Crippen molar-refractivity contribution >= 4 is 17.7 Å². The van der Waals surface area contributed by atoms with E-state index in [4.69, 9.17) is 4.52 Å². The lowest BCUT2D eigenvalue weighted by Crippen LogP contribution is -2.28. The molecule has 26 heavy (non-hydrogen) atoms. The number of aryl methyl sites for hydroxylation is 2. The number of thioether (sulfide) groups is 1. The molecule has 6 nitrogen and oxygen atoms in total. The first-order valence-corrected chi connectivity index (χ1v) is 9.57. The number of nitrogens with one attached hydrogen (secondary N) is 1. The van der Waals surface area contributed by atoms with E-state index in [9.17, 15) is 4.79 Å². The Morgan fingerprint density at radius 2 is 2.08 bits per heavy atom. The van der Waals surface area contributed by atoms with E-state index in [1.54, 1.807) is 24.3 Å². The van der Waals surface area contributed by atoms with Crippen LogP contribution in [-0.4, -0.2) is 26.4 Å². The van der Waals surface area contributed by atoms with E-state index in [1.165, 1.54) is 0 Å². The van der Waals surface area contributed by atoms with Crippen LogP contribution in [0.2, 0.25) is 0 Å². The highest BCUT2D eigenvalue weighted by Gasteiger charge is 2.12. The second kappa shape index (κ2) is 8.23. The van der Waals surface area contributed by atoms with Gasteiger partial charge in [-0.15, -0.1) is 11.8 Å². The molecule has 0 spiro atoms. The average molecular weight is 370 g/mol. The number of aromatic nitrogens is 3. The standard InChI is InChI=1S/C19H22N4O2S/c1-13(16-4-6-17(7-5-16)23-9-8-20-12-23)21-19(24)11-26-10-18-14(2)22-25-15(18)3/h4-9,12-13H,10-11H2,1-3H3,(H,21,24). The first-order valence-electron chi connectivity index (χ1n) is 8.41. The topological polar surface area (TPSA) is 73.0 Å². The number of rotatable bonds is 7. The molecule has 0 aliphatic rings. The predicted octanol–water partition coefficient (Wildman–Crippen LogP) is 3.59. The first kappa shape index (κ1) is 18.3. The number of amides is 1. The summed E-state index contributed by atoms with van der Waals surface area (Å²) in [5, 5.41) is 6.97. The van der Waals surface area contributed by atoms with Crippen LogP contribution in [0.4, 0.5) is 0 Å². The van der Waals surface area contributed by atoms with Crippen LogP contribution in [0.3, 0.4) is 0 Å². The fourth-order valence-corrected chi connectivity index (χ4v) is 3.65. The Bertz CT molecular complexity index is 837. The van der Waals surface area contributed by atoms with Crippen LogP contribution in [0.25, 0.3) is 5.69 Å². The van der Waals surface area contributed by atoms with E-state index in [1.807, 2.05) is 55.8 Å². The zero-order valence-corrected chi connectivity index (χ0v) is 15.9. The third kappa shape index (κ3) is 4.35. The van der Waals surface area contributed by atoms with Crippen molar-refractivity contribution < 1.29 is 9.32 Å². The number of carbonyl (C=O) groups excluding carboxylic acids is 1. The molecule has 0 bridgehead atoms. The molecular formula is C19H22N4O2S. The van der Waals surface area contributed by atoms with E-state index in [0.717, 1.165) is 34.0 Å². The van der Waals surface area contributed by atoms with Crippen LogP contribution in [0.1, 0.15) is 35.5 Å². The number of nitrogens with zero attached hydrogens (tertiary/aromatic N) is 3. The Morgan fingerprint density at radius 3 is 2.69 bits per heavy atom. The summed E-state index contributed by atoms with van der Waals surface area (Å²) in [6, 6.07) is 8.05. The minimum Gasteiger partial charge on any atom is -0.361 e.